The van der Waals surface area contributed by atoms with Gasteiger partial charge in [0.2, 0.25) is 0 Å². The molecule has 0 amide bonds. The molecule has 3 heteroatoms. The first-order chi connectivity index (χ1) is 9.06. The molecule has 0 aliphatic carbocycles. The molecule has 1 aromatic heterocycles. The van der Waals surface area contributed by atoms with Crippen LogP contribution in [0.25, 0.3) is 0 Å². The van der Waals surface area contributed by atoms with Gasteiger partial charge in [0.25, 0.3) is 0 Å². The lowest BCUT2D eigenvalue weighted by molar-refractivity contribution is 0.704. The summed E-state index contributed by atoms with van der Waals surface area (Å²) in [6, 6.07) is 9.18. The van der Waals surface area contributed by atoms with Gasteiger partial charge in [0.05, 0.1) is 17.1 Å². The van der Waals surface area contributed by atoms with E-state index in [0.29, 0.717) is 6.04 Å². The van der Waals surface area contributed by atoms with Gasteiger partial charge in [0, 0.05) is 6.04 Å². The maximum Gasteiger partial charge on any atom is 0.0825 e. The highest BCUT2D eigenvalue weighted by Gasteiger charge is 2.09. The van der Waals surface area contributed by atoms with E-state index >= 15 is 0 Å². The molecule has 0 spiro atoms. The summed E-state index contributed by atoms with van der Waals surface area (Å²) in [5.41, 5.74) is 6.05. The minimum absolute atomic E-state index is 0.440. The first kappa shape index (κ1) is 13.7. The van der Waals surface area contributed by atoms with E-state index in [1.54, 1.807) is 0 Å². The van der Waals surface area contributed by atoms with Crippen molar-refractivity contribution in [1.29, 1.82) is 0 Å². The average Bonchev–Trinajstić information content (AvgIpc) is 2.68. The molecule has 0 bridgehead atoms. The van der Waals surface area contributed by atoms with E-state index in [0.717, 1.165) is 29.9 Å². The Morgan fingerprint density at radius 3 is 2.68 bits per heavy atom. The third-order valence-electron chi connectivity index (χ3n) is 3.47. The maximum absolute atomic E-state index is 4.21. The van der Waals surface area contributed by atoms with Crippen molar-refractivity contribution in [1.82, 2.24) is 10.2 Å². The maximum atomic E-state index is 4.21. The van der Waals surface area contributed by atoms with E-state index in [-0.39, 0.29) is 0 Å². The number of anilines is 1. The second kappa shape index (κ2) is 5.91. The van der Waals surface area contributed by atoms with Crippen LogP contribution >= 0.6 is 0 Å². The van der Waals surface area contributed by atoms with Crippen molar-refractivity contribution in [2.24, 2.45) is 0 Å². The fourth-order valence-electron chi connectivity index (χ4n) is 2.33. The van der Waals surface area contributed by atoms with Crippen molar-refractivity contribution >= 4 is 5.69 Å². The summed E-state index contributed by atoms with van der Waals surface area (Å²) < 4.78 is 0. The van der Waals surface area contributed by atoms with Gasteiger partial charge < -0.3 is 5.32 Å². The highest BCUT2D eigenvalue weighted by atomic mass is 15.2. The number of benzene rings is 1. The molecule has 2 rings (SSSR count). The Hall–Kier alpha value is -1.77. The van der Waals surface area contributed by atoms with Crippen LogP contribution in [-0.4, -0.2) is 16.2 Å². The molecule has 102 valence electrons. The van der Waals surface area contributed by atoms with Gasteiger partial charge in [-0.2, -0.15) is 5.10 Å². The molecule has 2 aromatic rings. The lowest BCUT2D eigenvalue weighted by Gasteiger charge is -2.15. The van der Waals surface area contributed by atoms with E-state index in [1.807, 2.05) is 6.92 Å². The van der Waals surface area contributed by atoms with E-state index < -0.39 is 0 Å². The predicted octanol–water partition coefficient (Wildman–Crippen LogP) is 3.77. The molecule has 1 heterocycles. The predicted molar refractivity (Wildman–Crippen MR) is 80.6 cm³/mol. The summed E-state index contributed by atoms with van der Waals surface area (Å²) in [7, 11) is 0. The van der Waals surface area contributed by atoms with E-state index in [9.17, 15) is 0 Å². The molecule has 1 aromatic carbocycles. The van der Waals surface area contributed by atoms with Crippen LogP contribution in [0.5, 0.6) is 0 Å². The molecule has 3 nitrogen and oxygen atoms in total. The fourth-order valence-corrected chi connectivity index (χ4v) is 2.33. The zero-order valence-electron chi connectivity index (χ0n) is 12.2. The number of nitrogens with zero attached hydrogens (tertiary/aromatic N) is 1. The molecule has 2 N–H and O–H groups in total. The zero-order valence-corrected chi connectivity index (χ0v) is 12.2. The van der Waals surface area contributed by atoms with Crippen LogP contribution < -0.4 is 5.32 Å². The molecule has 1 unspecified atom stereocenters. The lowest BCUT2D eigenvalue weighted by atomic mass is 10.0. The second-order valence-corrected chi connectivity index (χ2v) is 5.38. The van der Waals surface area contributed by atoms with Gasteiger partial charge >= 0.3 is 0 Å². The fraction of sp³-hybridized carbons (Fsp3) is 0.438. The molecule has 0 radical (unpaired) electrons. The van der Waals surface area contributed by atoms with Gasteiger partial charge in [-0.1, -0.05) is 29.8 Å². The molecule has 1 atom stereocenters. The number of hydrogen-bond acceptors (Lipinski definition) is 2. The van der Waals surface area contributed by atoms with Crippen LogP contribution in [0.3, 0.4) is 0 Å². The SMILES string of the molecule is Cc1cccc(CCC(C)Nc2c(C)n[nH]c2C)c1. The summed E-state index contributed by atoms with van der Waals surface area (Å²) in [5, 5.41) is 10.8. The highest BCUT2D eigenvalue weighted by Crippen LogP contribution is 2.18. The van der Waals surface area contributed by atoms with Gasteiger partial charge in [-0.25, -0.2) is 0 Å². The molecule has 0 saturated carbocycles. The van der Waals surface area contributed by atoms with Crippen LogP contribution in [0.2, 0.25) is 0 Å². The number of H-pyrrole nitrogens is 1. The normalized spacial score (nSPS) is 12.4. The Morgan fingerprint density at radius 2 is 2.05 bits per heavy atom. The third-order valence-corrected chi connectivity index (χ3v) is 3.47. The number of hydrogen-bond donors (Lipinski definition) is 2. The van der Waals surface area contributed by atoms with Gasteiger partial charge in [-0.05, 0) is 46.1 Å². The first-order valence-electron chi connectivity index (χ1n) is 6.90. The van der Waals surface area contributed by atoms with Gasteiger partial charge in [0.15, 0.2) is 0 Å². The van der Waals surface area contributed by atoms with Crippen molar-refractivity contribution < 1.29 is 0 Å². The van der Waals surface area contributed by atoms with Crippen LogP contribution in [-0.2, 0) is 6.42 Å². The molecule has 0 saturated heterocycles. The number of aromatic nitrogens is 2. The van der Waals surface area contributed by atoms with E-state index in [1.165, 1.54) is 11.1 Å². The minimum Gasteiger partial charge on any atom is -0.380 e. The topological polar surface area (TPSA) is 40.7 Å². The molecule has 0 aliphatic heterocycles. The zero-order chi connectivity index (χ0) is 13.8. The largest absolute Gasteiger partial charge is 0.380 e. The standard InChI is InChI=1S/C16H23N3/c1-11-6-5-7-15(10-11)9-8-12(2)17-16-13(3)18-19-14(16)4/h5-7,10,12,17H,8-9H2,1-4H3,(H,18,19). The van der Waals surface area contributed by atoms with Crippen LogP contribution in [0.15, 0.2) is 24.3 Å². The average molecular weight is 257 g/mol. The molecule has 0 aliphatic rings. The van der Waals surface area contributed by atoms with Gasteiger partial charge in [-0.3, -0.25) is 5.10 Å². The number of nitrogens with one attached hydrogen (secondary N) is 2. The Balaban J connectivity index is 1.90. The van der Waals surface area contributed by atoms with Crippen molar-refractivity contribution in [3.05, 3.63) is 46.8 Å². The second-order valence-electron chi connectivity index (χ2n) is 5.38. The Bertz CT molecular complexity index is 523. The van der Waals surface area contributed by atoms with Crippen LogP contribution in [0.1, 0.15) is 35.9 Å². The molecular formula is C16H23N3. The Morgan fingerprint density at radius 1 is 1.26 bits per heavy atom. The number of aromatic amines is 1. The van der Waals surface area contributed by atoms with Gasteiger partial charge in [0.1, 0.15) is 0 Å². The lowest BCUT2D eigenvalue weighted by Crippen LogP contribution is -2.16. The quantitative estimate of drug-likeness (QED) is 0.856. The van der Waals surface area contributed by atoms with Crippen molar-refractivity contribution in [3.8, 4) is 0 Å². The highest BCUT2D eigenvalue weighted by molar-refractivity contribution is 5.51. The number of aryl methyl sites for hydroxylation is 4. The first-order valence-corrected chi connectivity index (χ1v) is 6.90. The molecule has 0 fully saturated rings. The van der Waals surface area contributed by atoms with E-state index in [4.69, 9.17) is 0 Å². The monoisotopic (exact) mass is 257 g/mol. The summed E-state index contributed by atoms with van der Waals surface area (Å²) in [6.07, 6.45) is 2.22. The summed E-state index contributed by atoms with van der Waals surface area (Å²) in [5.74, 6) is 0. The van der Waals surface area contributed by atoms with Gasteiger partial charge in [-0.15, -0.1) is 0 Å². The number of rotatable bonds is 5. The van der Waals surface area contributed by atoms with E-state index in [2.05, 4.69) is 60.6 Å². The Kier molecular flexibility index (Phi) is 4.25. The van der Waals surface area contributed by atoms with Crippen molar-refractivity contribution in [2.45, 2.75) is 46.6 Å². The van der Waals surface area contributed by atoms with Crippen LogP contribution in [0, 0.1) is 20.8 Å². The van der Waals surface area contributed by atoms with Crippen molar-refractivity contribution in [3.63, 3.8) is 0 Å². The molecule has 19 heavy (non-hydrogen) atoms. The van der Waals surface area contributed by atoms with Crippen molar-refractivity contribution in [2.75, 3.05) is 5.32 Å². The minimum atomic E-state index is 0.440. The smallest absolute Gasteiger partial charge is 0.0825 e. The summed E-state index contributed by atoms with van der Waals surface area (Å²) in [4.78, 5) is 0. The Labute approximate surface area is 115 Å². The van der Waals surface area contributed by atoms with Crippen LogP contribution in [0.4, 0.5) is 5.69 Å². The summed E-state index contributed by atoms with van der Waals surface area (Å²) in [6.45, 7) is 8.44. The third kappa shape index (κ3) is 3.60. The summed E-state index contributed by atoms with van der Waals surface area (Å²) >= 11 is 0. The molecular weight excluding hydrogens is 234 g/mol.